The van der Waals surface area contributed by atoms with E-state index in [4.69, 9.17) is 23.2 Å². The number of rotatable bonds is 11. The predicted molar refractivity (Wildman–Crippen MR) is 152 cm³/mol. The van der Waals surface area contributed by atoms with Crippen LogP contribution in [0.3, 0.4) is 0 Å². The number of hydrogen-bond acceptors (Lipinski definition) is 4. The summed E-state index contributed by atoms with van der Waals surface area (Å²) in [7, 11) is -4.10. The quantitative estimate of drug-likeness (QED) is 0.330. The van der Waals surface area contributed by atoms with Crippen LogP contribution in [0.25, 0.3) is 0 Å². The fourth-order valence-electron chi connectivity index (χ4n) is 3.77. The summed E-state index contributed by atoms with van der Waals surface area (Å²) in [6, 6.07) is 18.8. The fraction of sp³-hybridized carbons (Fsp3) is 0.286. The molecule has 1 N–H and O–H groups in total. The highest BCUT2D eigenvalue weighted by Gasteiger charge is 2.32. The van der Waals surface area contributed by atoms with Crippen molar-refractivity contribution in [3.05, 3.63) is 94.0 Å². The highest BCUT2D eigenvalue weighted by atomic mass is 35.5. The van der Waals surface area contributed by atoms with Gasteiger partial charge in [0.05, 0.1) is 10.6 Å². The molecule has 38 heavy (non-hydrogen) atoms. The molecular weight excluding hydrogens is 545 g/mol. The molecule has 0 aliphatic rings. The Morgan fingerprint density at radius 3 is 2.24 bits per heavy atom. The molecule has 202 valence electrons. The van der Waals surface area contributed by atoms with Crippen LogP contribution in [0.5, 0.6) is 0 Å². The minimum atomic E-state index is -4.10. The fourth-order valence-corrected chi connectivity index (χ4v) is 5.67. The molecule has 0 aliphatic heterocycles. The summed E-state index contributed by atoms with van der Waals surface area (Å²) in [6.07, 6.45) is 0.728. The van der Waals surface area contributed by atoms with Crippen LogP contribution in [0, 0.1) is 6.92 Å². The van der Waals surface area contributed by atoms with E-state index in [-0.39, 0.29) is 17.3 Å². The van der Waals surface area contributed by atoms with Gasteiger partial charge in [-0.05, 0) is 62.2 Å². The number of nitrogens with one attached hydrogen (secondary N) is 1. The first-order valence-corrected chi connectivity index (χ1v) is 14.4. The average Bonchev–Trinajstić information content (AvgIpc) is 2.90. The maximum Gasteiger partial charge on any atom is 0.264 e. The van der Waals surface area contributed by atoms with E-state index in [1.165, 1.54) is 17.0 Å². The standard InChI is InChI=1S/C28H31Cl2N3O4S/c1-4-16-31-28(35)21(3)32(18-22-12-13-23(29)17-26(22)30)27(34)19-33(24-14-10-20(2)11-15-24)38(36,37)25-8-6-5-7-9-25/h5-15,17,21H,4,16,18-19H2,1-3H3,(H,31,35). The maximum atomic E-state index is 13.8. The average molecular weight is 577 g/mol. The zero-order chi connectivity index (χ0) is 27.9. The van der Waals surface area contributed by atoms with Crippen molar-refractivity contribution in [1.82, 2.24) is 10.2 Å². The molecule has 2 amide bonds. The van der Waals surface area contributed by atoms with Crippen LogP contribution in [0.2, 0.25) is 10.0 Å². The minimum Gasteiger partial charge on any atom is -0.354 e. The second-order valence-corrected chi connectivity index (χ2v) is 11.6. The van der Waals surface area contributed by atoms with Gasteiger partial charge in [0.15, 0.2) is 0 Å². The van der Waals surface area contributed by atoms with E-state index >= 15 is 0 Å². The molecular formula is C28H31Cl2N3O4S. The summed E-state index contributed by atoms with van der Waals surface area (Å²) in [5, 5.41) is 3.58. The topological polar surface area (TPSA) is 86.8 Å². The number of sulfonamides is 1. The van der Waals surface area contributed by atoms with E-state index in [1.807, 2.05) is 13.8 Å². The number of hydrogen-bond donors (Lipinski definition) is 1. The summed E-state index contributed by atoms with van der Waals surface area (Å²) >= 11 is 12.4. The summed E-state index contributed by atoms with van der Waals surface area (Å²) < 4.78 is 28.5. The number of benzene rings is 3. The number of carbonyl (C=O) groups is 2. The Kier molecular flexibility index (Phi) is 10.2. The van der Waals surface area contributed by atoms with Crippen LogP contribution in [0.15, 0.2) is 77.7 Å². The van der Waals surface area contributed by atoms with Crippen LogP contribution in [-0.4, -0.2) is 44.3 Å². The van der Waals surface area contributed by atoms with Crippen LogP contribution < -0.4 is 9.62 Å². The van der Waals surface area contributed by atoms with Gasteiger partial charge in [-0.2, -0.15) is 0 Å². The second-order valence-electron chi connectivity index (χ2n) is 8.88. The van der Waals surface area contributed by atoms with Gasteiger partial charge < -0.3 is 10.2 Å². The third kappa shape index (κ3) is 7.28. The van der Waals surface area contributed by atoms with Crippen molar-refractivity contribution in [2.45, 2.75) is 44.7 Å². The van der Waals surface area contributed by atoms with E-state index in [1.54, 1.807) is 67.6 Å². The number of carbonyl (C=O) groups excluding carboxylic acids is 2. The molecule has 10 heteroatoms. The Morgan fingerprint density at radius 2 is 1.63 bits per heavy atom. The number of amides is 2. The molecule has 0 saturated carbocycles. The van der Waals surface area contributed by atoms with Gasteiger partial charge in [-0.3, -0.25) is 13.9 Å². The number of nitrogens with zero attached hydrogens (tertiary/aromatic N) is 2. The zero-order valence-electron chi connectivity index (χ0n) is 21.5. The van der Waals surface area contributed by atoms with Crippen molar-refractivity contribution in [3.63, 3.8) is 0 Å². The highest BCUT2D eigenvalue weighted by molar-refractivity contribution is 7.92. The molecule has 1 unspecified atom stereocenters. The van der Waals surface area contributed by atoms with E-state index in [0.717, 1.165) is 16.3 Å². The van der Waals surface area contributed by atoms with Gasteiger partial charge in [0.2, 0.25) is 11.8 Å². The Bertz CT molecular complexity index is 1370. The van der Waals surface area contributed by atoms with Crippen molar-refractivity contribution >= 4 is 50.7 Å². The molecule has 0 bridgehead atoms. The van der Waals surface area contributed by atoms with Crippen molar-refractivity contribution in [1.29, 1.82) is 0 Å². The van der Waals surface area contributed by atoms with Gasteiger partial charge >= 0.3 is 0 Å². The maximum absolute atomic E-state index is 13.8. The third-order valence-electron chi connectivity index (χ3n) is 6.00. The SMILES string of the molecule is CCCNC(=O)C(C)N(Cc1ccc(Cl)cc1Cl)C(=O)CN(c1ccc(C)cc1)S(=O)(=O)c1ccccc1. The lowest BCUT2D eigenvalue weighted by molar-refractivity contribution is -0.139. The van der Waals surface area contributed by atoms with Crippen molar-refractivity contribution in [3.8, 4) is 0 Å². The monoisotopic (exact) mass is 575 g/mol. The van der Waals surface area contributed by atoms with Gasteiger partial charge in [-0.1, -0.05) is 72.1 Å². The lowest BCUT2D eigenvalue weighted by Crippen LogP contribution is -2.51. The number of aryl methyl sites for hydroxylation is 1. The van der Waals surface area contributed by atoms with Crippen LogP contribution in [-0.2, 0) is 26.2 Å². The molecule has 3 aromatic carbocycles. The van der Waals surface area contributed by atoms with Crippen LogP contribution in [0.1, 0.15) is 31.4 Å². The smallest absolute Gasteiger partial charge is 0.264 e. The molecule has 0 heterocycles. The molecule has 0 spiro atoms. The zero-order valence-corrected chi connectivity index (χ0v) is 23.9. The van der Waals surface area contributed by atoms with Gasteiger partial charge in [-0.15, -0.1) is 0 Å². The molecule has 0 radical (unpaired) electrons. The molecule has 0 saturated heterocycles. The summed E-state index contributed by atoms with van der Waals surface area (Å²) in [6.45, 7) is 5.34. The van der Waals surface area contributed by atoms with E-state index in [2.05, 4.69) is 5.32 Å². The molecule has 3 aromatic rings. The van der Waals surface area contributed by atoms with Crippen LogP contribution in [0.4, 0.5) is 5.69 Å². The van der Waals surface area contributed by atoms with Crippen molar-refractivity contribution in [2.75, 3.05) is 17.4 Å². The minimum absolute atomic E-state index is 0.0112. The molecule has 7 nitrogen and oxygen atoms in total. The van der Waals surface area contributed by atoms with Crippen LogP contribution >= 0.6 is 23.2 Å². The van der Waals surface area contributed by atoms with Gasteiger partial charge in [-0.25, -0.2) is 8.42 Å². The predicted octanol–water partition coefficient (Wildman–Crippen LogP) is 5.44. The van der Waals surface area contributed by atoms with E-state index in [9.17, 15) is 18.0 Å². The Morgan fingerprint density at radius 1 is 0.974 bits per heavy atom. The number of halogens is 2. The largest absolute Gasteiger partial charge is 0.354 e. The molecule has 0 aromatic heterocycles. The first kappa shape index (κ1) is 29.5. The lowest BCUT2D eigenvalue weighted by atomic mass is 10.1. The van der Waals surface area contributed by atoms with Crippen molar-refractivity contribution < 1.29 is 18.0 Å². The third-order valence-corrected chi connectivity index (χ3v) is 8.38. The molecule has 0 aliphatic carbocycles. The first-order chi connectivity index (χ1) is 18.0. The Labute approximate surface area is 234 Å². The van der Waals surface area contributed by atoms with Gasteiger partial charge in [0.1, 0.15) is 12.6 Å². The molecule has 0 fully saturated rings. The summed E-state index contributed by atoms with van der Waals surface area (Å²) in [4.78, 5) is 28.1. The van der Waals surface area contributed by atoms with Gasteiger partial charge in [0.25, 0.3) is 10.0 Å². The van der Waals surface area contributed by atoms with Crippen molar-refractivity contribution in [2.24, 2.45) is 0 Å². The summed E-state index contributed by atoms with van der Waals surface area (Å²) in [5.74, 6) is -0.909. The van der Waals surface area contributed by atoms with E-state index in [0.29, 0.717) is 27.8 Å². The summed E-state index contributed by atoms with van der Waals surface area (Å²) in [5.41, 5.74) is 1.85. The molecule has 1 atom stereocenters. The Hall–Kier alpha value is -3.07. The highest BCUT2D eigenvalue weighted by Crippen LogP contribution is 2.26. The normalized spacial score (nSPS) is 12.0. The Balaban J connectivity index is 2.02. The second kappa shape index (κ2) is 13.1. The first-order valence-electron chi connectivity index (χ1n) is 12.2. The number of anilines is 1. The molecule has 3 rings (SSSR count). The lowest BCUT2D eigenvalue weighted by Gasteiger charge is -2.32. The van der Waals surface area contributed by atoms with Gasteiger partial charge in [0, 0.05) is 23.1 Å². The van der Waals surface area contributed by atoms with E-state index < -0.39 is 28.5 Å².